The summed E-state index contributed by atoms with van der Waals surface area (Å²) < 4.78 is 5.94. The standard InChI is InChI=1S/C18H26N2O2/c1-14(2)20-9-8-19(12-16(20)7-10-21)13-17-11-15-5-3-4-6-18(15)22-17/h3-6,11,14,16,21H,7-10,12-13H2,1-2H3/t16-/m0/s1. The number of hydrogen-bond acceptors (Lipinski definition) is 4. The van der Waals surface area contributed by atoms with Gasteiger partial charge in [-0.3, -0.25) is 9.80 Å². The van der Waals surface area contributed by atoms with Crippen molar-refractivity contribution in [2.45, 2.75) is 38.9 Å². The molecule has 1 aliphatic heterocycles. The van der Waals surface area contributed by atoms with Gasteiger partial charge in [0.25, 0.3) is 0 Å². The molecule has 4 nitrogen and oxygen atoms in total. The van der Waals surface area contributed by atoms with Gasteiger partial charge >= 0.3 is 0 Å². The highest BCUT2D eigenvalue weighted by Crippen LogP contribution is 2.22. The molecule has 0 bridgehead atoms. The average molecular weight is 302 g/mol. The maximum absolute atomic E-state index is 9.33. The van der Waals surface area contributed by atoms with Crippen LogP contribution in [0.4, 0.5) is 0 Å². The first kappa shape index (κ1) is 15.5. The van der Waals surface area contributed by atoms with Crippen molar-refractivity contribution in [3.05, 3.63) is 36.1 Å². The molecule has 1 saturated heterocycles. The maximum Gasteiger partial charge on any atom is 0.134 e. The molecule has 1 aromatic heterocycles. The van der Waals surface area contributed by atoms with Crippen molar-refractivity contribution in [3.8, 4) is 0 Å². The summed E-state index contributed by atoms with van der Waals surface area (Å²) in [4.78, 5) is 4.95. The number of fused-ring (bicyclic) bond motifs is 1. The molecule has 2 heterocycles. The van der Waals surface area contributed by atoms with E-state index in [0.29, 0.717) is 12.1 Å². The zero-order chi connectivity index (χ0) is 15.5. The number of aliphatic hydroxyl groups excluding tert-OH is 1. The van der Waals surface area contributed by atoms with Crippen LogP contribution in [0, 0.1) is 0 Å². The number of para-hydroxylation sites is 1. The molecular formula is C18H26N2O2. The monoisotopic (exact) mass is 302 g/mol. The summed E-state index contributed by atoms with van der Waals surface area (Å²) in [6.45, 7) is 8.68. The Morgan fingerprint density at radius 1 is 1.27 bits per heavy atom. The van der Waals surface area contributed by atoms with E-state index in [1.54, 1.807) is 0 Å². The largest absolute Gasteiger partial charge is 0.460 e. The molecule has 0 aliphatic carbocycles. The van der Waals surface area contributed by atoms with Crippen LogP contribution in [0.3, 0.4) is 0 Å². The van der Waals surface area contributed by atoms with Crippen molar-refractivity contribution in [3.63, 3.8) is 0 Å². The van der Waals surface area contributed by atoms with Crippen LogP contribution in [0.5, 0.6) is 0 Å². The van der Waals surface area contributed by atoms with E-state index >= 15 is 0 Å². The highest BCUT2D eigenvalue weighted by Gasteiger charge is 2.28. The number of benzene rings is 1. The van der Waals surface area contributed by atoms with Gasteiger partial charge in [-0.2, -0.15) is 0 Å². The fourth-order valence-electron chi connectivity index (χ4n) is 3.50. The molecule has 1 atom stereocenters. The highest BCUT2D eigenvalue weighted by atomic mass is 16.3. The number of aliphatic hydroxyl groups is 1. The minimum absolute atomic E-state index is 0.256. The molecule has 0 unspecified atom stereocenters. The first-order valence-electron chi connectivity index (χ1n) is 8.24. The Bertz CT molecular complexity index is 575. The smallest absolute Gasteiger partial charge is 0.134 e. The quantitative estimate of drug-likeness (QED) is 0.922. The predicted octanol–water partition coefficient (Wildman–Crippen LogP) is 2.71. The lowest BCUT2D eigenvalue weighted by atomic mass is 10.1. The van der Waals surface area contributed by atoms with Crippen molar-refractivity contribution >= 4 is 11.0 Å². The summed E-state index contributed by atoms with van der Waals surface area (Å²) >= 11 is 0. The molecule has 0 amide bonds. The summed E-state index contributed by atoms with van der Waals surface area (Å²) in [5, 5.41) is 10.5. The van der Waals surface area contributed by atoms with Crippen LogP contribution < -0.4 is 0 Å². The highest BCUT2D eigenvalue weighted by molar-refractivity contribution is 5.77. The second-order valence-corrected chi connectivity index (χ2v) is 6.48. The molecule has 1 aromatic carbocycles. The number of piperazine rings is 1. The van der Waals surface area contributed by atoms with Crippen LogP contribution in [-0.2, 0) is 6.54 Å². The third-order valence-electron chi connectivity index (χ3n) is 4.59. The topological polar surface area (TPSA) is 39.9 Å². The number of nitrogens with zero attached hydrogens (tertiary/aromatic N) is 2. The van der Waals surface area contributed by atoms with Crippen LogP contribution in [0.25, 0.3) is 11.0 Å². The van der Waals surface area contributed by atoms with Crippen molar-refractivity contribution in [2.75, 3.05) is 26.2 Å². The van der Waals surface area contributed by atoms with Gasteiger partial charge in [0.15, 0.2) is 0 Å². The molecule has 0 spiro atoms. The van der Waals surface area contributed by atoms with Gasteiger partial charge in [-0.15, -0.1) is 0 Å². The van der Waals surface area contributed by atoms with Crippen molar-refractivity contribution in [2.24, 2.45) is 0 Å². The second-order valence-electron chi connectivity index (χ2n) is 6.48. The minimum atomic E-state index is 0.256. The molecular weight excluding hydrogens is 276 g/mol. The summed E-state index contributed by atoms with van der Waals surface area (Å²) in [5.74, 6) is 1.03. The molecule has 0 radical (unpaired) electrons. The summed E-state index contributed by atoms with van der Waals surface area (Å²) in [6.07, 6.45) is 0.842. The molecule has 22 heavy (non-hydrogen) atoms. The zero-order valence-corrected chi connectivity index (χ0v) is 13.5. The first-order chi connectivity index (χ1) is 10.7. The lowest BCUT2D eigenvalue weighted by molar-refractivity contribution is 0.0325. The van der Waals surface area contributed by atoms with Crippen LogP contribution in [-0.4, -0.2) is 53.2 Å². The van der Waals surface area contributed by atoms with E-state index < -0.39 is 0 Å². The van der Waals surface area contributed by atoms with E-state index in [1.807, 2.05) is 18.2 Å². The second kappa shape index (κ2) is 6.82. The Morgan fingerprint density at radius 2 is 2.09 bits per heavy atom. The van der Waals surface area contributed by atoms with Gasteiger partial charge in [0, 0.05) is 43.7 Å². The molecule has 3 rings (SSSR count). The van der Waals surface area contributed by atoms with Gasteiger partial charge in [-0.25, -0.2) is 0 Å². The van der Waals surface area contributed by atoms with Gasteiger partial charge in [0.05, 0.1) is 6.54 Å². The van der Waals surface area contributed by atoms with Crippen molar-refractivity contribution in [1.29, 1.82) is 0 Å². The predicted molar refractivity (Wildman–Crippen MR) is 88.8 cm³/mol. The summed E-state index contributed by atoms with van der Waals surface area (Å²) in [6, 6.07) is 11.3. The Kier molecular flexibility index (Phi) is 4.81. The van der Waals surface area contributed by atoms with Crippen LogP contribution >= 0.6 is 0 Å². The molecule has 2 aromatic rings. The lowest BCUT2D eigenvalue weighted by Gasteiger charge is -2.43. The third-order valence-corrected chi connectivity index (χ3v) is 4.59. The minimum Gasteiger partial charge on any atom is -0.460 e. The first-order valence-corrected chi connectivity index (χ1v) is 8.24. The van der Waals surface area contributed by atoms with E-state index in [0.717, 1.165) is 43.9 Å². The molecule has 120 valence electrons. The molecule has 0 saturated carbocycles. The van der Waals surface area contributed by atoms with Crippen LogP contribution in [0.1, 0.15) is 26.0 Å². The van der Waals surface area contributed by atoms with Gasteiger partial charge in [0.1, 0.15) is 11.3 Å². The molecule has 1 N–H and O–H groups in total. The number of furan rings is 1. The number of hydrogen-bond donors (Lipinski definition) is 1. The van der Waals surface area contributed by atoms with Gasteiger partial charge < -0.3 is 9.52 Å². The van der Waals surface area contributed by atoms with E-state index in [4.69, 9.17) is 4.42 Å². The lowest BCUT2D eigenvalue weighted by Crippen LogP contribution is -2.55. The average Bonchev–Trinajstić information content (AvgIpc) is 2.89. The van der Waals surface area contributed by atoms with Gasteiger partial charge in [-0.05, 0) is 32.4 Å². The van der Waals surface area contributed by atoms with Crippen molar-refractivity contribution in [1.82, 2.24) is 9.80 Å². The summed E-state index contributed by atoms with van der Waals surface area (Å²) in [7, 11) is 0. The maximum atomic E-state index is 9.33. The van der Waals surface area contributed by atoms with Gasteiger partial charge in [0.2, 0.25) is 0 Å². The van der Waals surface area contributed by atoms with E-state index in [9.17, 15) is 5.11 Å². The Hall–Kier alpha value is -1.36. The fourth-order valence-corrected chi connectivity index (χ4v) is 3.50. The van der Waals surface area contributed by atoms with Gasteiger partial charge in [-0.1, -0.05) is 18.2 Å². The third kappa shape index (κ3) is 3.35. The fraction of sp³-hybridized carbons (Fsp3) is 0.556. The number of rotatable bonds is 5. The molecule has 1 fully saturated rings. The van der Waals surface area contributed by atoms with E-state index in [-0.39, 0.29) is 6.61 Å². The van der Waals surface area contributed by atoms with E-state index in [1.165, 1.54) is 5.39 Å². The van der Waals surface area contributed by atoms with E-state index in [2.05, 4.69) is 35.8 Å². The molecule has 4 heteroatoms. The van der Waals surface area contributed by atoms with Crippen LogP contribution in [0.2, 0.25) is 0 Å². The molecule has 1 aliphatic rings. The SMILES string of the molecule is CC(C)N1CCN(Cc2cc3ccccc3o2)C[C@@H]1CCO. The normalized spacial score (nSPS) is 21.0. The van der Waals surface area contributed by atoms with Crippen molar-refractivity contribution < 1.29 is 9.52 Å². The Balaban J connectivity index is 1.67. The van der Waals surface area contributed by atoms with Crippen LogP contribution in [0.15, 0.2) is 34.7 Å². The zero-order valence-electron chi connectivity index (χ0n) is 13.5. The summed E-state index contributed by atoms with van der Waals surface area (Å²) in [5.41, 5.74) is 0.963. The Labute approximate surface area is 132 Å². The Morgan fingerprint density at radius 3 is 2.82 bits per heavy atom.